The lowest BCUT2D eigenvalue weighted by atomic mass is 9.89. The van der Waals surface area contributed by atoms with E-state index in [1.807, 2.05) is 75.4 Å². The second-order valence-electron chi connectivity index (χ2n) is 7.51. The molecule has 2 atom stereocenters. The Kier molecular flexibility index (Phi) is 5.12. The summed E-state index contributed by atoms with van der Waals surface area (Å²) in [6.07, 6.45) is 0.696. The second kappa shape index (κ2) is 7.32. The van der Waals surface area contributed by atoms with E-state index in [2.05, 4.69) is 0 Å². The number of carbonyl (C=O) groups is 1. The molecular weight excluding hydrogens is 326 g/mol. The van der Waals surface area contributed by atoms with E-state index >= 15 is 0 Å². The summed E-state index contributed by atoms with van der Waals surface area (Å²) in [5, 5.41) is 0. The van der Waals surface area contributed by atoms with E-state index in [4.69, 9.17) is 14.5 Å². The van der Waals surface area contributed by atoms with Crippen LogP contribution in [0.2, 0.25) is 0 Å². The van der Waals surface area contributed by atoms with Gasteiger partial charge in [-0.1, -0.05) is 42.5 Å². The molecule has 136 valence electrons. The first-order valence-corrected chi connectivity index (χ1v) is 8.86. The summed E-state index contributed by atoms with van der Waals surface area (Å²) < 4.78 is 11.0. The highest BCUT2D eigenvalue weighted by Crippen LogP contribution is 2.35. The second-order valence-corrected chi connectivity index (χ2v) is 7.51. The Balaban J connectivity index is 1.94. The minimum Gasteiger partial charge on any atom is -0.497 e. The van der Waals surface area contributed by atoms with Crippen molar-refractivity contribution < 1.29 is 14.3 Å². The van der Waals surface area contributed by atoms with Gasteiger partial charge in [-0.3, -0.25) is 4.99 Å². The van der Waals surface area contributed by atoms with Gasteiger partial charge in [0, 0.05) is 11.6 Å². The number of rotatable bonds is 4. The van der Waals surface area contributed by atoms with Gasteiger partial charge in [-0.05, 0) is 50.5 Å². The van der Waals surface area contributed by atoms with E-state index in [1.54, 1.807) is 7.11 Å². The van der Waals surface area contributed by atoms with E-state index in [9.17, 15) is 4.79 Å². The molecule has 0 N–H and O–H groups in total. The van der Waals surface area contributed by atoms with Crippen LogP contribution < -0.4 is 4.74 Å². The molecule has 0 bridgehead atoms. The maximum atomic E-state index is 12.8. The lowest BCUT2D eigenvalue weighted by Gasteiger charge is -2.24. The fourth-order valence-corrected chi connectivity index (χ4v) is 3.20. The minimum absolute atomic E-state index is 0.0211. The molecule has 0 amide bonds. The summed E-state index contributed by atoms with van der Waals surface area (Å²) in [6, 6.07) is 17.3. The number of aliphatic imine (C=N–C) groups is 1. The molecule has 2 aromatic carbocycles. The molecule has 0 aromatic heterocycles. The number of hydrogen-bond donors (Lipinski definition) is 0. The summed E-state index contributed by atoms with van der Waals surface area (Å²) in [5.74, 6) is 0.485. The molecule has 1 heterocycles. The fourth-order valence-electron chi connectivity index (χ4n) is 3.20. The highest BCUT2D eigenvalue weighted by Gasteiger charge is 2.38. The van der Waals surface area contributed by atoms with E-state index < -0.39 is 11.6 Å². The number of methoxy groups -OCH3 is 1. The van der Waals surface area contributed by atoms with Crippen LogP contribution in [0.15, 0.2) is 59.6 Å². The Labute approximate surface area is 154 Å². The van der Waals surface area contributed by atoms with E-state index in [1.165, 1.54) is 0 Å². The van der Waals surface area contributed by atoms with Crippen molar-refractivity contribution in [1.29, 1.82) is 0 Å². The molecule has 3 rings (SSSR count). The molecule has 0 radical (unpaired) electrons. The minimum atomic E-state index is -0.535. The summed E-state index contributed by atoms with van der Waals surface area (Å²) in [6.45, 7) is 5.64. The molecule has 26 heavy (non-hydrogen) atoms. The van der Waals surface area contributed by atoms with Crippen molar-refractivity contribution in [3.63, 3.8) is 0 Å². The van der Waals surface area contributed by atoms with Gasteiger partial charge in [0.05, 0.1) is 7.11 Å². The van der Waals surface area contributed by atoms with Gasteiger partial charge in [-0.25, -0.2) is 4.79 Å². The van der Waals surface area contributed by atoms with Crippen LogP contribution in [0.25, 0.3) is 0 Å². The van der Waals surface area contributed by atoms with Gasteiger partial charge in [0.1, 0.15) is 11.4 Å². The Morgan fingerprint density at radius 2 is 1.81 bits per heavy atom. The van der Waals surface area contributed by atoms with E-state index in [0.29, 0.717) is 6.42 Å². The van der Waals surface area contributed by atoms with Crippen LogP contribution >= 0.6 is 0 Å². The van der Waals surface area contributed by atoms with Crippen molar-refractivity contribution in [2.45, 2.75) is 44.8 Å². The van der Waals surface area contributed by atoms with Gasteiger partial charge in [0.25, 0.3) is 0 Å². The highest BCUT2D eigenvalue weighted by atomic mass is 16.6. The Bertz CT molecular complexity index is 806. The van der Waals surface area contributed by atoms with Crippen molar-refractivity contribution in [3.05, 3.63) is 65.7 Å². The fraction of sp³-hybridized carbons (Fsp3) is 0.364. The van der Waals surface area contributed by atoms with Crippen LogP contribution in [0.1, 0.15) is 44.2 Å². The zero-order chi connectivity index (χ0) is 18.7. The number of nitrogens with zero attached hydrogens (tertiary/aromatic N) is 1. The number of carbonyl (C=O) groups excluding carboxylic acids is 1. The highest BCUT2D eigenvalue weighted by molar-refractivity contribution is 6.05. The normalized spacial score (nSPS) is 19.8. The van der Waals surface area contributed by atoms with Crippen LogP contribution in [-0.4, -0.2) is 30.4 Å². The molecular formula is C22H25NO3. The molecule has 0 unspecified atom stereocenters. The van der Waals surface area contributed by atoms with Crippen molar-refractivity contribution in [3.8, 4) is 5.75 Å². The summed E-state index contributed by atoms with van der Waals surface area (Å²) in [5.41, 5.74) is 2.46. The average Bonchev–Trinajstić information content (AvgIpc) is 3.07. The molecule has 0 saturated heterocycles. The third-order valence-electron chi connectivity index (χ3n) is 4.37. The Morgan fingerprint density at radius 1 is 1.08 bits per heavy atom. The summed E-state index contributed by atoms with van der Waals surface area (Å²) in [7, 11) is 1.64. The van der Waals surface area contributed by atoms with Crippen LogP contribution in [-0.2, 0) is 9.53 Å². The van der Waals surface area contributed by atoms with Gasteiger partial charge in [-0.15, -0.1) is 0 Å². The van der Waals surface area contributed by atoms with E-state index in [-0.39, 0.29) is 11.9 Å². The first kappa shape index (κ1) is 18.2. The van der Waals surface area contributed by atoms with Crippen LogP contribution in [0.3, 0.4) is 0 Å². The predicted octanol–water partition coefficient (Wildman–Crippen LogP) is 4.38. The van der Waals surface area contributed by atoms with Gasteiger partial charge in [-0.2, -0.15) is 0 Å². The standard InChI is InChI=1S/C22H25NO3/c1-22(2,3)26-21(24)20-18(15-9-6-5-7-10-15)14-19(23-20)16-11-8-12-17(13-16)25-4/h5-13,18,20H,14H2,1-4H3/t18-,20+/m1/s1. The first-order chi connectivity index (χ1) is 12.4. The first-order valence-electron chi connectivity index (χ1n) is 8.86. The lowest BCUT2D eigenvalue weighted by Crippen LogP contribution is -2.32. The topological polar surface area (TPSA) is 47.9 Å². The monoisotopic (exact) mass is 351 g/mol. The average molecular weight is 351 g/mol. The van der Waals surface area contributed by atoms with Gasteiger partial charge in [0.2, 0.25) is 0 Å². The van der Waals surface area contributed by atoms with Crippen LogP contribution in [0.5, 0.6) is 5.75 Å². The van der Waals surface area contributed by atoms with Crippen molar-refractivity contribution in [2.75, 3.05) is 7.11 Å². The van der Waals surface area contributed by atoms with Gasteiger partial charge < -0.3 is 9.47 Å². The van der Waals surface area contributed by atoms with Crippen molar-refractivity contribution in [2.24, 2.45) is 4.99 Å². The van der Waals surface area contributed by atoms with Gasteiger partial charge in [0.15, 0.2) is 6.04 Å². The van der Waals surface area contributed by atoms with Crippen molar-refractivity contribution in [1.82, 2.24) is 0 Å². The molecule has 1 aliphatic heterocycles. The Morgan fingerprint density at radius 3 is 2.46 bits per heavy atom. The molecule has 0 spiro atoms. The quantitative estimate of drug-likeness (QED) is 0.768. The molecule has 1 aliphatic rings. The Hall–Kier alpha value is -2.62. The van der Waals surface area contributed by atoms with Crippen LogP contribution in [0, 0.1) is 0 Å². The number of hydrogen-bond acceptors (Lipinski definition) is 4. The summed E-state index contributed by atoms with van der Waals surface area (Å²) in [4.78, 5) is 17.6. The third kappa shape index (κ3) is 4.13. The number of esters is 1. The number of ether oxygens (including phenoxy) is 2. The van der Waals surface area contributed by atoms with Crippen LogP contribution in [0.4, 0.5) is 0 Å². The van der Waals surface area contributed by atoms with E-state index in [0.717, 1.165) is 22.6 Å². The molecule has 0 aliphatic carbocycles. The smallest absolute Gasteiger partial charge is 0.332 e. The SMILES string of the molecule is COc1cccc(C2=N[C@H](C(=O)OC(C)(C)C)[C@@H](c3ccccc3)C2)c1. The largest absolute Gasteiger partial charge is 0.497 e. The van der Waals surface area contributed by atoms with Crippen molar-refractivity contribution >= 4 is 11.7 Å². The zero-order valence-corrected chi connectivity index (χ0v) is 15.7. The van der Waals surface area contributed by atoms with Gasteiger partial charge >= 0.3 is 5.97 Å². The third-order valence-corrected chi connectivity index (χ3v) is 4.37. The molecule has 0 saturated carbocycles. The maximum Gasteiger partial charge on any atom is 0.332 e. The summed E-state index contributed by atoms with van der Waals surface area (Å²) >= 11 is 0. The molecule has 4 heteroatoms. The zero-order valence-electron chi connectivity index (χ0n) is 15.7. The predicted molar refractivity (Wildman–Crippen MR) is 103 cm³/mol. The number of benzene rings is 2. The molecule has 2 aromatic rings. The lowest BCUT2D eigenvalue weighted by molar-refractivity contribution is -0.156. The maximum absolute atomic E-state index is 12.8. The molecule has 4 nitrogen and oxygen atoms in total. The molecule has 0 fully saturated rings.